The minimum atomic E-state index is -0.453. The number of nitrogens with one attached hydrogen (secondary N) is 1. The Bertz CT molecular complexity index is 744. The number of hydrogen-bond donors (Lipinski definition) is 1. The van der Waals surface area contributed by atoms with Crippen LogP contribution in [0.25, 0.3) is 10.9 Å². The second kappa shape index (κ2) is 10.7. The zero-order valence-electron chi connectivity index (χ0n) is 15.7. The number of H-pyrrole nitrogens is 1. The summed E-state index contributed by atoms with van der Waals surface area (Å²) in [5, 5.41) is 1.89. The van der Waals surface area contributed by atoms with Crippen LogP contribution in [0.3, 0.4) is 0 Å². The zero-order valence-corrected chi connectivity index (χ0v) is 16.4. The van der Waals surface area contributed by atoms with E-state index in [2.05, 4.69) is 9.72 Å². The third kappa shape index (κ3) is 8.21. The predicted octanol–water partition coefficient (Wildman–Crippen LogP) is 4.83. The van der Waals surface area contributed by atoms with Crippen LogP contribution in [0.4, 0.5) is 0 Å². The fourth-order valence-electron chi connectivity index (χ4n) is 2.23. The molecule has 0 unspecified atom stereocenters. The second-order valence-corrected chi connectivity index (χ2v) is 6.97. The Kier molecular flexibility index (Phi) is 8.93. The number of esters is 1. The molecule has 1 aromatic carbocycles. The molecule has 0 aliphatic carbocycles. The van der Waals surface area contributed by atoms with Gasteiger partial charge in [0.05, 0.1) is 6.61 Å². The predicted molar refractivity (Wildman–Crippen MR) is 104 cm³/mol. The molecule has 0 saturated carbocycles. The highest BCUT2D eigenvalue weighted by molar-refractivity contribution is 6.31. The quantitative estimate of drug-likeness (QED) is 0.443. The van der Waals surface area contributed by atoms with E-state index in [1.54, 1.807) is 6.92 Å². The van der Waals surface area contributed by atoms with Crippen molar-refractivity contribution in [2.45, 2.75) is 46.1 Å². The van der Waals surface area contributed by atoms with Crippen molar-refractivity contribution in [3.8, 4) is 0 Å². The Morgan fingerprint density at radius 2 is 2.04 bits per heavy atom. The molecular weight excluding hydrogens is 354 g/mol. The normalized spacial score (nSPS) is 11.1. The Morgan fingerprint density at radius 1 is 1.31 bits per heavy atom. The molecule has 142 valence electrons. The SMILES string of the molecule is CC(C)(C)OC(=O)C=CCCc1cc(Cl)cc2[nH]ccc12.CCOC=O. The molecular formula is C20H26ClNO4. The molecule has 0 aliphatic rings. The summed E-state index contributed by atoms with van der Waals surface area (Å²) in [4.78, 5) is 23.9. The Morgan fingerprint density at radius 3 is 2.62 bits per heavy atom. The van der Waals surface area contributed by atoms with Gasteiger partial charge >= 0.3 is 5.97 Å². The maximum atomic E-state index is 11.6. The standard InChI is InChI=1S/C17H20ClNO2.C3H6O2/c1-17(2,3)21-16(20)7-5-4-6-12-10-13(18)11-15-14(12)8-9-19-15;1-2-5-3-4/h5,7-11,19H,4,6H2,1-3H3;3H,2H2,1H3. The van der Waals surface area contributed by atoms with Gasteiger partial charge in [-0.2, -0.15) is 0 Å². The van der Waals surface area contributed by atoms with E-state index in [-0.39, 0.29) is 5.97 Å². The van der Waals surface area contributed by atoms with Crippen molar-refractivity contribution in [3.05, 3.63) is 47.1 Å². The average molecular weight is 380 g/mol. The summed E-state index contributed by atoms with van der Waals surface area (Å²) in [7, 11) is 0. The lowest BCUT2D eigenvalue weighted by atomic mass is 10.1. The third-order valence-electron chi connectivity index (χ3n) is 3.20. The highest BCUT2D eigenvalue weighted by Gasteiger charge is 2.13. The van der Waals surface area contributed by atoms with Crippen molar-refractivity contribution in [2.75, 3.05) is 6.61 Å². The summed E-state index contributed by atoms with van der Waals surface area (Å²) in [6.45, 7) is 8.23. The fourth-order valence-corrected chi connectivity index (χ4v) is 2.48. The summed E-state index contributed by atoms with van der Waals surface area (Å²) < 4.78 is 9.37. The molecule has 0 aliphatic heterocycles. The summed E-state index contributed by atoms with van der Waals surface area (Å²) in [6, 6.07) is 5.93. The summed E-state index contributed by atoms with van der Waals surface area (Å²) in [5.74, 6) is -0.305. The average Bonchev–Trinajstić information content (AvgIpc) is 2.99. The first kappa shape index (κ1) is 21.8. The highest BCUT2D eigenvalue weighted by atomic mass is 35.5. The maximum absolute atomic E-state index is 11.6. The van der Waals surface area contributed by atoms with E-state index in [1.807, 2.05) is 51.2 Å². The van der Waals surface area contributed by atoms with E-state index in [4.69, 9.17) is 16.3 Å². The number of benzene rings is 1. The Balaban J connectivity index is 0.000000597. The van der Waals surface area contributed by atoms with Crippen molar-refractivity contribution in [3.63, 3.8) is 0 Å². The van der Waals surface area contributed by atoms with Gasteiger partial charge in [-0.05, 0) is 64.3 Å². The molecule has 1 N–H and O–H groups in total. The molecule has 2 rings (SSSR count). The van der Waals surface area contributed by atoms with E-state index in [9.17, 15) is 9.59 Å². The number of rotatable bonds is 6. The lowest BCUT2D eigenvalue weighted by Crippen LogP contribution is -2.22. The summed E-state index contributed by atoms with van der Waals surface area (Å²) >= 11 is 6.10. The molecule has 0 bridgehead atoms. The van der Waals surface area contributed by atoms with Crippen LogP contribution >= 0.6 is 11.6 Å². The lowest BCUT2D eigenvalue weighted by Gasteiger charge is -2.17. The largest absolute Gasteiger partial charge is 0.468 e. The summed E-state index contributed by atoms with van der Waals surface area (Å²) in [6.07, 6.45) is 6.83. The first-order chi connectivity index (χ1) is 12.3. The highest BCUT2D eigenvalue weighted by Crippen LogP contribution is 2.24. The van der Waals surface area contributed by atoms with Gasteiger partial charge in [-0.1, -0.05) is 17.7 Å². The smallest absolute Gasteiger partial charge is 0.330 e. The molecule has 0 saturated heterocycles. The molecule has 1 aromatic heterocycles. The van der Waals surface area contributed by atoms with Gasteiger partial charge in [0.15, 0.2) is 0 Å². The van der Waals surface area contributed by atoms with Crippen molar-refractivity contribution in [2.24, 2.45) is 0 Å². The van der Waals surface area contributed by atoms with Gasteiger partial charge in [0.2, 0.25) is 0 Å². The number of halogens is 1. The number of carbonyl (C=O) groups excluding carboxylic acids is 2. The Labute approximate surface area is 159 Å². The van der Waals surface area contributed by atoms with E-state index in [0.29, 0.717) is 13.1 Å². The van der Waals surface area contributed by atoms with Crippen LogP contribution in [-0.2, 0) is 25.5 Å². The zero-order chi connectivity index (χ0) is 19.6. The molecule has 0 radical (unpaired) electrons. The van der Waals surface area contributed by atoms with E-state index < -0.39 is 5.60 Å². The first-order valence-corrected chi connectivity index (χ1v) is 8.85. The maximum Gasteiger partial charge on any atom is 0.330 e. The molecule has 0 spiro atoms. The number of aromatic amines is 1. The van der Waals surface area contributed by atoms with Crippen LogP contribution in [0.15, 0.2) is 36.5 Å². The minimum absolute atomic E-state index is 0.305. The van der Waals surface area contributed by atoms with Crippen LogP contribution in [0.5, 0.6) is 0 Å². The number of aryl methyl sites for hydroxylation is 1. The van der Waals surface area contributed by atoms with Crippen molar-refractivity contribution in [1.29, 1.82) is 0 Å². The molecule has 2 aromatic rings. The molecule has 0 amide bonds. The van der Waals surface area contributed by atoms with Crippen LogP contribution in [0.1, 0.15) is 39.7 Å². The first-order valence-electron chi connectivity index (χ1n) is 8.47. The topological polar surface area (TPSA) is 68.4 Å². The number of allylic oxidation sites excluding steroid dienone is 1. The molecule has 0 atom stereocenters. The summed E-state index contributed by atoms with van der Waals surface area (Å²) in [5.41, 5.74) is 1.76. The molecule has 5 nitrogen and oxygen atoms in total. The van der Waals surface area contributed by atoms with E-state index in [0.717, 1.165) is 23.4 Å². The van der Waals surface area contributed by atoms with Gasteiger partial charge in [-0.3, -0.25) is 4.79 Å². The second-order valence-electron chi connectivity index (χ2n) is 6.53. The number of hydrogen-bond acceptors (Lipinski definition) is 4. The monoisotopic (exact) mass is 379 g/mol. The van der Waals surface area contributed by atoms with Gasteiger partial charge in [0, 0.05) is 28.2 Å². The number of ether oxygens (including phenoxy) is 2. The van der Waals surface area contributed by atoms with Gasteiger partial charge in [-0.25, -0.2) is 4.79 Å². The lowest BCUT2D eigenvalue weighted by molar-refractivity contribution is -0.148. The van der Waals surface area contributed by atoms with Crippen LogP contribution < -0.4 is 0 Å². The molecule has 1 heterocycles. The van der Waals surface area contributed by atoms with Crippen molar-refractivity contribution >= 4 is 34.9 Å². The van der Waals surface area contributed by atoms with E-state index >= 15 is 0 Å². The van der Waals surface area contributed by atoms with Crippen molar-refractivity contribution < 1.29 is 19.1 Å². The van der Waals surface area contributed by atoms with Crippen LogP contribution in [0.2, 0.25) is 5.02 Å². The minimum Gasteiger partial charge on any atom is -0.468 e. The third-order valence-corrected chi connectivity index (χ3v) is 3.41. The van der Waals surface area contributed by atoms with E-state index in [1.165, 1.54) is 17.0 Å². The number of fused-ring (bicyclic) bond motifs is 1. The molecule has 26 heavy (non-hydrogen) atoms. The molecule has 0 fully saturated rings. The van der Waals surface area contributed by atoms with Gasteiger partial charge in [-0.15, -0.1) is 0 Å². The molecule has 6 heteroatoms. The number of aromatic nitrogens is 1. The Hall–Kier alpha value is -2.27. The van der Waals surface area contributed by atoms with Gasteiger partial charge in [0.1, 0.15) is 5.60 Å². The van der Waals surface area contributed by atoms with Gasteiger partial charge < -0.3 is 14.5 Å². The van der Waals surface area contributed by atoms with Gasteiger partial charge in [0.25, 0.3) is 6.47 Å². The van der Waals surface area contributed by atoms with Crippen LogP contribution in [-0.4, -0.2) is 29.6 Å². The number of carbonyl (C=O) groups is 2. The van der Waals surface area contributed by atoms with Crippen molar-refractivity contribution in [1.82, 2.24) is 4.98 Å². The fraction of sp³-hybridized carbons (Fsp3) is 0.400. The van der Waals surface area contributed by atoms with Crippen LogP contribution in [0, 0.1) is 0 Å².